The molecule has 0 unspecified atom stereocenters. The number of amides is 2. The lowest BCUT2D eigenvalue weighted by molar-refractivity contribution is -0.139. The first-order valence-electron chi connectivity index (χ1n) is 16.6. The van der Waals surface area contributed by atoms with Crippen LogP contribution in [0.1, 0.15) is 43.5 Å². The summed E-state index contributed by atoms with van der Waals surface area (Å²) in [5, 5.41) is 2.50. The first-order chi connectivity index (χ1) is 23.8. The number of hydrogen-bond acceptors (Lipinski definition) is 8. The second-order valence-electron chi connectivity index (χ2n) is 13.8. The number of rotatable bonds is 17. The van der Waals surface area contributed by atoms with E-state index in [9.17, 15) is 32.3 Å². The normalized spacial score (nSPS) is 12.8. The molecule has 0 radical (unpaired) electrons. The van der Waals surface area contributed by atoms with Crippen LogP contribution >= 0.6 is 0 Å². The van der Waals surface area contributed by atoms with Gasteiger partial charge in [-0.15, -0.1) is 0 Å². The van der Waals surface area contributed by atoms with Crippen LogP contribution in [-0.4, -0.2) is 84.8 Å². The number of Topliss-reactive ketones (excluding diaryl/α,β-unsaturated/α-hetero) is 1. The zero-order chi connectivity index (χ0) is 38.1. The molecular formula is C35H48F3N5O7Si. The fourth-order valence-electron chi connectivity index (χ4n) is 5.06. The molecule has 0 aliphatic heterocycles. The van der Waals surface area contributed by atoms with E-state index in [1.807, 2.05) is 0 Å². The Hall–Kier alpha value is -4.44. The minimum atomic E-state index is -4.74. The third-order valence-corrected chi connectivity index (χ3v) is 9.52. The van der Waals surface area contributed by atoms with E-state index < -0.39 is 49.4 Å². The van der Waals surface area contributed by atoms with Gasteiger partial charge in [0, 0.05) is 58.8 Å². The lowest BCUT2D eigenvalue weighted by atomic mass is 10.0. The zero-order valence-electron chi connectivity index (χ0n) is 30.4. The number of carbonyl (C=O) groups is 3. The van der Waals surface area contributed by atoms with Crippen LogP contribution in [0, 0.1) is 0 Å². The number of ketones is 1. The van der Waals surface area contributed by atoms with Gasteiger partial charge < -0.3 is 33.6 Å². The van der Waals surface area contributed by atoms with Crippen molar-refractivity contribution in [1.29, 1.82) is 0 Å². The summed E-state index contributed by atoms with van der Waals surface area (Å²) in [6, 6.07) is 4.51. The molecule has 1 atom stereocenters. The molecule has 3 rings (SSSR count). The highest BCUT2D eigenvalue weighted by Crippen LogP contribution is 2.41. The van der Waals surface area contributed by atoms with Crippen molar-refractivity contribution >= 4 is 36.9 Å². The maximum absolute atomic E-state index is 14.2. The van der Waals surface area contributed by atoms with Crippen molar-refractivity contribution in [3.05, 3.63) is 69.9 Å². The maximum atomic E-state index is 14.2. The minimum absolute atomic E-state index is 0.0778. The first kappa shape index (κ1) is 41.0. The Balaban J connectivity index is 1.99. The van der Waals surface area contributed by atoms with Crippen molar-refractivity contribution in [3.8, 4) is 5.75 Å². The third-order valence-electron chi connectivity index (χ3n) is 7.82. The highest BCUT2D eigenvalue weighted by atomic mass is 28.3. The number of carbonyl (C=O) groups excluding carboxylic acids is 3. The monoisotopic (exact) mass is 735 g/mol. The molecule has 3 aromatic rings. The molecule has 0 fully saturated rings. The van der Waals surface area contributed by atoms with E-state index in [0.717, 1.165) is 19.4 Å². The molecular weight excluding hydrogens is 687 g/mol. The summed E-state index contributed by atoms with van der Waals surface area (Å²) in [5.41, 5.74) is -0.609. The highest BCUT2D eigenvalue weighted by molar-refractivity contribution is 6.76. The van der Waals surface area contributed by atoms with Gasteiger partial charge in [-0.2, -0.15) is 13.2 Å². The van der Waals surface area contributed by atoms with Crippen molar-refractivity contribution in [3.63, 3.8) is 0 Å². The number of halogens is 3. The second kappa shape index (κ2) is 17.7. The van der Waals surface area contributed by atoms with Crippen molar-refractivity contribution in [1.82, 2.24) is 24.3 Å². The number of alkyl carbamates (subject to hydrolysis) is 1. The average molecular weight is 736 g/mol. The summed E-state index contributed by atoms with van der Waals surface area (Å²) >= 11 is 0. The Kier molecular flexibility index (Phi) is 14.2. The van der Waals surface area contributed by atoms with Gasteiger partial charge in [-0.25, -0.2) is 4.79 Å². The number of alkyl halides is 3. The van der Waals surface area contributed by atoms with Gasteiger partial charge in [-0.1, -0.05) is 31.8 Å². The summed E-state index contributed by atoms with van der Waals surface area (Å²) in [5.74, 6) is -1.06. The lowest BCUT2D eigenvalue weighted by Crippen LogP contribution is -2.42. The van der Waals surface area contributed by atoms with Crippen molar-refractivity contribution in [2.24, 2.45) is 0 Å². The summed E-state index contributed by atoms with van der Waals surface area (Å²) in [4.78, 5) is 56.5. The molecule has 0 saturated heterocycles. The number of methoxy groups -OCH3 is 1. The molecule has 51 heavy (non-hydrogen) atoms. The number of likely N-dealkylation sites (N-methyl/N-ethyl adjacent to an activating group) is 1. The van der Waals surface area contributed by atoms with Gasteiger partial charge in [0.1, 0.15) is 17.8 Å². The Morgan fingerprint density at radius 2 is 1.86 bits per heavy atom. The average Bonchev–Trinajstić information content (AvgIpc) is 3.38. The summed E-state index contributed by atoms with van der Waals surface area (Å²) in [7, 11) is 2.89. The predicted octanol–water partition coefficient (Wildman–Crippen LogP) is 5.63. The largest absolute Gasteiger partial charge is 0.488 e. The van der Waals surface area contributed by atoms with Gasteiger partial charge in [0.15, 0.2) is 11.5 Å². The fraction of sp³-hybridized carbons (Fsp3) is 0.514. The SMILES string of the molecule is COC(=O)N[C@@H](CC/C=C/C(=O)N(C)C)C(=O)Cc1cccn(Cc2cc3ncc(C(F)(F)F)c(OC(C)C)c3n2COCC[Si](C)(C)C)c1=O. The van der Waals surface area contributed by atoms with Gasteiger partial charge in [0.05, 0.1) is 31.3 Å². The molecule has 3 aromatic heterocycles. The molecule has 0 bridgehead atoms. The minimum Gasteiger partial charge on any atom is -0.488 e. The number of ether oxygens (including phenoxy) is 3. The quantitative estimate of drug-likeness (QED) is 0.107. The number of hydrogen-bond donors (Lipinski definition) is 1. The van der Waals surface area contributed by atoms with Crippen LogP contribution in [0.2, 0.25) is 25.7 Å². The van der Waals surface area contributed by atoms with Gasteiger partial charge >= 0.3 is 12.3 Å². The predicted molar refractivity (Wildman–Crippen MR) is 190 cm³/mol. The number of nitrogens with one attached hydrogen (secondary N) is 1. The van der Waals surface area contributed by atoms with Gasteiger partial charge in [0.25, 0.3) is 5.56 Å². The van der Waals surface area contributed by atoms with E-state index in [1.165, 1.54) is 27.8 Å². The second-order valence-corrected chi connectivity index (χ2v) is 19.4. The van der Waals surface area contributed by atoms with E-state index in [-0.39, 0.29) is 60.8 Å². The van der Waals surface area contributed by atoms with Crippen LogP contribution in [0.4, 0.5) is 18.0 Å². The van der Waals surface area contributed by atoms with Gasteiger partial charge in [-0.05, 0) is 50.9 Å². The number of nitrogens with zero attached hydrogens (tertiary/aromatic N) is 4. The topological polar surface area (TPSA) is 134 Å². The van der Waals surface area contributed by atoms with Crippen molar-refractivity contribution in [2.45, 2.75) is 90.4 Å². The zero-order valence-corrected chi connectivity index (χ0v) is 31.4. The first-order valence-corrected chi connectivity index (χ1v) is 20.3. The lowest BCUT2D eigenvalue weighted by Gasteiger charge is -2.20. The molecule has 0 saturated carbocycles. The molecule has 1 N–H and O–H groups in total. The van der Waals surface area contributed by atoms with Crippen LogP contribution < -0.4 is 15.6 Å². The number of fused-ring (bicyclic) bond motifs is 1. The Labute approximate surface area is 296 Å². The van der Waals surface area contributed by atoms with E-state index in [2.05, 4.69) is 34.7 Å². The standard InChI is InChI=1S/C35H48F3N5O7Si/c1-23(2)50-32-26(35(36,37)38)20-39-28-19-25(43(31(28)32)22-49-16-17-51(6,7)8)21-42-15-11-12-24(33(42)46)18-29(44)27(40-34(47)48-5)13-9-10-14-30(45)41(3)4/h10-12,14-15,19-20,23,27H,9,13,16-18,21-22H2,1-8H3,(H,40,47)/b14-10+/t27-/m0/s1. The van der Waals surface area contributed by atoms with E-state index in [0.29, 0.717) is 12.3 Å². The van der Waals surface area contributed by atoms with Crippen LogP contribution in [-0.2, 0) is 44.9 Å². The van der Waals surface area contributed by atoms with E-state index in [1.54, 1.807) is 50.7 Å². The molecule has 3 heterocycles. The maximum Gasteiger partial charge on any atom is 0.421 e. The van der Waals surface area contributed by atoms with Crippen molar-refractivity contribution < 1.29 is 41.8 Å². The van der Waals surface area contributed by atoms with Gasteiger partial charge in [-0.3, -0.25) is 19.4 Å². The summed E-state index contributed by atoms with van der Waals surface area (Å²) in [6.07, 6.45) is -0.809. The van der Waals surface area contributed by atoms with Crippen LogP contribution in [0.3, 0.4) is 0 Å². The number of aromatic nitrogens is 3. The van der Waals surface area contributed by atoms with Crippen LogP contribution in [0.25, 0.3) is 11.0 Å². The number of pyridine rings is 2. The Morgan fingerprint density at radius 1 is 1.16 bits per heavy atom. The summed E-state index contributed by atoms with van der Waals surface area (Å²) < 4.78 is 61.8. The molecule has 2 amide bonds. The van der Waals surface area contributed by atoms with E-state index in [4.69, 9.17) is 9.47 Å². The number of allylic oxidation sites excluding steroid dienone is 1. The van der Waals surface area contributed by atoms with Gasteiger partial charge in [0.2, 0.25) is 5.91 Å². The van der Waals surface area contributed by atoms with Crippen molar-refractivity contribution in [2.75, 3.05) is 27.8 Å². The fourth-order valence-corrected chi connectivity index (χ4v) is 5.81. The Bertz CT molecular complexity index is 1780. The Morgan fingerprint density at radius 3 is 2.47 bits per heavy atom. The smallest absolute Gasteiger partial charge is 0.421 e. The third kappa shape index (κ3) is 11.8. The molecule has 16 heteroatoms. The molecule has 0 aromatic carbocycles. The van der Waals surface area contributed by atoms with Crippen LogP contribution in [0.5, 0.6) is 5.75 Å². The molecule has 0 aliphatic rings. The van der Waals surface area contributed by atoms with E-state index >= 15 is 0 Å². The molecule has 0 spiro atoms. The molecule has 0 aliphatic carbocycles. The van der Waals surface area contributed by atoms with Crippen LogP contribution in [0.15, 0.2) is 47.5 Å². The summed E-state index contributed by atoms with van der Waals surface area (Å²) in [6.45, 7) is 10.0. The highest BCUT2D eigenvalue weighted by Gasteiger charge is 2.37. The molecule has 12 nitrogen and oxygen atoms in total. The molecule has 280 valence electrons.